The van der Waals surface area contributed by atoms with Crippen LogP contribution in [0.25, 0.3) is 0 Å². The maximum atomic E-state index is 12.4. The Kier molecular flexibility index (Phi) is 3.07. The summed E-state index contributed by atoms with van der Waals surface area (Å²) in [5, 5.41) is 0. The Hall–Kier alpha value is -1.78. The number of rotatable bonds is 2. The molecule has 0 aliphatic heterocycles. The van der Waals surface area contributed by atoms with Crippen LogP contribution < -0.4 is 4.74 Å². The van der Waals surface area contributed by atoms with Crippen molar-refractivity contribution < 1.29 is 22.7 Å². The van der Waals surface area contributed by atoms with Crippen LogP contribution in [-0.4, -0.2) is 5.97 Å². The van der Waals surface area contributed by atoms with E-state index in [9.17, 15) is 18.0 Å². The van der Waals surface area contributed by atoms with E-state index in [2.05, 4.69) is 6.08 Å². The van der Waals surface area contributed by atoms with E-state index in [-0.39, 0.29) is 23.6 Å². The lowest BCUT2D eigenvalue weighted by atomic mass is 9.94. The topological polar surface area (TPSA) is 26.3 Å². The highest BCUT2D eigenvalue weighted by Crippen LogP contribution is 2.44. The van der Waals surface area contributed by atoms with Gasteiger partial charge in [-0.2, -0.15) is 13.2 Å². The van der Waals surface area contributed by atoms with Gasteiger partial charge in [-0.15, -0.1) is 0 Å². The second kappa shape index (κ2) is 4.65. The maximum Gasteiger partial charge on any atom is 0.416 e. The van der Waals surface area contributed by atoms with Crippen molar-refractivity contribution in [1.29, 1.82) is 0 Å². The van der Waals surface area contributed by atoms with Crippen LogP contribution in [0.2, 0.25) is 0 Å². The molecular formula is C15H13F3O2. The van der Waals surface area contributed by atoms with Gasteiger partial charge in [0.05, 0.1) is 11.5 Å². The number of carbonyl (C=O) groups is 1. The van der Waals surface area contributed by atoms with Crippen LogP contribution in [0.4, 0.5) is 13.2 Å². The van der Waals surface area contributed by atoms with Crippen LogP contribution in [0.5, 0.6) is 5.75 Å². The number of fused-ring (bicyclic) bond motifs is 2. The van der Waals surface area contributed by atoms with Crippen molar-refractivity contribution in [2.45, 2.75) is 19.0 Å². The highest BCUT2D eigenvalue weighted by molar-refractivity contribution is 5.76. The number of ether oxygens (including phenoxy) is 1. The molecule has 2 aliphatic rings. The number of hydrogen-bond donors (Lipinski definition) is 0. The molecule has 106 valence electrons. The first-order valence-corrected chi connectivity index (χ1v) is 6.51. The monoisotopic (exact) mass is 282 g/mol. The Balaban J connectivity index is 1.66. The fraction of sp³-hybridized carbons (Fsp3) is 0.400. The molecule has 5 heteroatoms. The molecule has 0 radical (unpaired) electrons. The zero-order chi connectivity index (χ0) is 14.3. The van der Waals surface area contributed by atoms with Crippen LogP contribution in [0.15, 0.2) is 36.4 Å². The van der Waals surface area contributed by atoms with Gasteiger partial charge in [0.2, 0.25) is 0 Å². The van der Waals surface area contributed by atoms with Crippen LogP contribution in [0.3, 0.4) is 0 Å². The summed E-state index contributed by atoms with van der Waals surface area (Å²) < 4.78 is 42.4. The van der Waals surface area contributed by atoms with Gasteiger partial charge in [-0.1, -0.05) is 12.2 Å². The molecule has 1 saturated carbocycles. The minimum Gasteiger partial charge on any atom is -0.426 e. The van der Waals surface area contributed by atoms with E-state index in [1.165, 1.54) is 12.1 Å². The lowest BCUT2D eigenvalue weighted by Crippen LogP contribution is -2.24. The molecule has 2 aliphatic carbocycles. The van der Waals surface area contributed by atoms with Crippen molar-refractivity contribution in [1.82, 2.24) is 0 Å². The number of allylic oxidation sites excluding steroid dienone is 2. The molecule has 1 fully saturated rings. The molecule has 0 aromatic heterocycles. The van der Waals surface area contributed by atoms with Crippen molar-refractivity contribution >= 4 is 5.97 Å². The minimum absolute atomic E-state index is 0.160. The second-order valence-electron chi connectivity index (χ2n) is 5.33. The summed E-state index contributed by atoms with van der Waals surface area (Å²) in [5.74, 6) is 0.329. The number of alkyl halides is 3. The number of halogens is 3. The highest BCUT2D eigenvalue weighted by atomic mass is 19.4. The average Bonchev–Trinajstić information content (AvgIpc) is 3.00. The van der Waals surface area contributed by atoms with Crippen LogP contribution in [0, 0.1) is 17.8 Å². The molecule has 0 saturated heterocycles. The summed E-state index contributed by atoms with van der Waals surface area (Å²) in [4.78, 5) is 12.0. The zero-order valence-corrected chi connectivity index (χ0v) is 10.6. The standard InChI is InChI=1S/C15H13F3O2/c16-15(17,18)11-3-5-12(6-4-11)20-14(19)13-8-9-1-2-10(13)7-9/h1-6,9-10,13H,7-8H2/t9-,10+,13+/m1/s1. The van der Waals surface area contributed by atoms with Gasteiger partial charge in [0.1, 0.15) is 5.75 Å². The molecule has 1 aromatic carbocycles. The molecule has 3 rings (SSSR count). The first kappa shape index (κ1) is 13.2. The summed E-state index contributed by atoms with van der Waals surface area (Å²) in [6, 6.07) is 4.21. The number of carbonyl (C=O) groups excluding carboxylic acids is 1. The van der Waals surface area contributed by atoms with E-state index < -0.39 is 11.7 Å². The molecule has 20 heavy (non-hydrogen) atoms. The predicted molar refractivity (Wildman–Crippen MR) is 65.9 cm³/mol. The third kappa shape index (κ3) is 2.44. The van der Waals surface area contributed by atoms with E-state index in [4.69, 9.17) is 4.74 Å². The molecule has 0 amide bonds. The molecule has 0 spiro atoms. The van der Waals surface area contributed by atoms with Crippen LogP contribution in [-0.2, 0) is 11.0 Å². The smallest absolute Gasteiger partial charge is 0.416 e. The third-order valence-electron chi connectivity index (χ3n) is 3.98. The fourth-order valence-corrected chi connectivity index (χ4v) is 2.96. The van der Waals surface area contributed by atoms with Gasteiger partial charge in [-0.05, 0) is 48.9 Å². The summed E-state index contributed by atoms with van der Waals surface area (Å²) in [6.45, 7) is 0. The van der Waals surface area contributed by atoms with Crippen LogP contribution in [0.1, 0.15) is 18.4 Å². The fourth-order valence-electron chi connectivity index (χ4n) is 2.96. The third-order valence-corrected chi connectivity index (χ3v) is 3.98. The normalized spacial score (nSPS) is 27.9. The van der Waals surface area contributed by atoms with Gasteiger partial charge in [0.15, 0.2) is 0 Å². The SMILES string of the molecule is O=C(Oc1ccc(C(F)(F)F)cc1)[C@H]1C[C@@H]2C=C[C@H]1C2. The van der Waals surface area contributed by atoms with Gasteiger partial charge in [0.25, 0.3) is 0 Å². The number of esters is 1. The Morgan fingerprint density at radius 2 is 1.80 bits per heavy atom. The number of benzene rings is 1. The summed E-state index contributed by atoms with van der Waals surface area (Å²) >= 11 is 0. The van der Waals surface area contributed by atoms with Crippen molar-refractivity contribution in [3.63, 3.8) is 0 Å². The molecule has 2 nitrogen and oxygen atoms in total. The Morgan fingerprint density at radius 1 is 1.10 bits per heavy atom. The Bertz CT molecular complexity index is 545. The predicted octanol–water partition coefficient (Wildman–Crippen LogP) is 3.82. The largest absolute Gasteiger partial charge is 0.426 e. The van der Waals surface area contributed by atoms with Crippen molar-refractivity contribution in [3.05, 3.63) is 42.0 Å². The average molecular weight is 282 g/mol. The van der Waals surface area contributed by atoms with E-state index in [0.717, 1.165) is 25.0 Å². The Morgan fingerprint density at radius 3 is 2.30 bits per heavy atom. The molecule has 3 atom stereocenters. The first-order valence-electron chi connectivity index (χ1n) is 6.51. The summed E-state index contributed by atoms with van der Waals surface area (Å²) in [7, 11) is 0. The van der Waals surface area contributed by atoms with Gasteiger partial charge in [-0.25, -0.2) is 0 Å². The van der Waals surface area contributed by atoms with Crippen LogP contribution >= 0.6 is 0 Å². The van der Waals surface area contributed by atoms with Gasteiger partial charge in [-0.3, -0.25) is 4.79 Å². The van der Waals surface area contributed by atoms with E-state index in [0.29, 0.717) is 5.92 Å². The van der Waals surface area contributed by atoms with Gasteiger partial charge < -0.3 is 4.74 Å². The molecule has 2 bridgehead atoms. The summed E-state index contributed by atoms with van der Waals surface area (Å²) in [6.07, 6.45) is 1.53. The second-order valence-corrected chi connectivity index (χ2v) is 5.33. The van der Waals surface area contributed by atoms with Crippen molar-refractivity contribution in [2.75, 3.05) is 0 Å². The minimum atomic E-state index is -4.38. The molecular weight excluding hydrogens is 269 g/mol. The van der Waals surface area contributed by atoms with Gasteiger partial charge in [0, 0.05) is 0 Å². The Labute approximate surface area is 114 Å². The maximum absolute atomic E-state index is 12.4. The molecule has 0 heterocycles. The molecule has 0 unspecified atom stereocenters. The quantitative estimate of drug-likeness (QED) is 0.468. The van der Waals surface area contributed by atoms with E-state index in [1.54, 1.807) is 0 Å². The lowest BCUT2D eigenvalue weighted by Gasteiger charge is -2.16. The van der Waals surface area contributed by atoms with Crippen molar-refractivity contribution in [3.8, 4) is 5.75 Å². The van der Waals surface area contributed by atoms with Crippen molar-refractivity contribution in [2.24, 2.45) is 17.8 Å². The molecule has 0 N–H and O–H groups in total. The highest BCUT2D eigenvalue weighted by Gasteiger charge is 2.41. The summed E-state index contributed by atoms with van der Waals surface area (Å²) in [5.41, 5.74) is -0.750. The van der Waals surface area contributed by atoms with Gasteiger partial charge >= 0.3 is 12.1 Å². The zero-order valence-electron chi connectivity index (χ0n) is 10.6. The lowest BCUT2D eigenvalue weighted by molar-refractivity contribution is -0.139. The first-order chi connectivity index (χ1) is 9.43. The number of hydrogen-bond acceptors (Lipinski definition) is 2. The van der Waals surface area contributed by atoms with E-state index in [1.807, 2.05) is 6.08 Å². The van der Waals surface area contributed by atoms with E-state index >= 15 is 0 Å². The molecule has 1 aromatic rings.